The first-order valence-corrected chi connectivity index (χ1v) is 5.55. The Hall–Kier alpha value is -0.870. The predicted molar refractivity (Wildman–Crippen MR) is 61.1 cm³/mol. The highest BCUT2D eigenvalue weighted by molar-refractivity contribution is 9.10. The summed E-state index contributed by atoms with van der Waals surface area (Å²) in [5.41, 5.74) is 6.49. The normalized spacial score (nSPS) is 13.3. The lowest BCUT2D eigenvalue weighted by atomic mass is 10.1. The van der Waals surface area contributed by atoms with Crippen LogP contribution in [0.15, 0.2) is 27.1 Å². The molecule has 15 heavy (non-hydrogen) atoms. The smallest absolute Gasteiger partial charge is 0.148 e. The average Bonchev–Trinajstić information content (AvgIpc) is 2.60. The number of rotatable bonds is 2. The molecule has 1 unspecified atom stereocenters. The van der Waals surface area contributed by atoms with Crippen LogP contribution in [0.1, 0.15) is 25.1 Å². The van der Waals surface area contributed by atoms with Crippen molar-refractivity contribution < 1.29 is 8.81 Å². The second-order valence-electron chi connectivity index (χ2n) is 3.47. The summed E-state index contributed by atoms with van der Waals surface area (Å²) in [7, 11) is 0. The van der Waals surface area contributed by atoms with E-state index in [0.29, 0.717) is 15.8 Å². The van der Waals surface area contributed by atoms with Gasteiger partial charge in [-0.05, 0) is 40.5 Å². The maximum Gasteiger partial charge on any atom is 0.148 e. The Morgan fingerprint density at radius 3 is 2.87 bits per heavy atom. The number of fused-ring (bicyclic) bond motifs is 1. The Morgan fingerprint density at radius 2 is 2.20 bits per heavy atom. The van der Waals surface area contributed by atoms with Crippen molar-refractivity contribution in [3.05, 3.63) is 34.2 Å². The van der Waals surface area contributed by atoms with Crippen molar-refractivity contribution in [3.63, 3.8) is 0 Å². The minimum absolute atomic E-state index is 0.132. The van der Waals surface area contributed by atoms with Crippen molar-refractivity contribution >= 4 is 26.9 Å². The van der Waals surface area contributed by atoms with Crippen molar-refractivity contribution in [2.75, 3.05) is 0 Å². The molecule has 80 valence electrons. The third-order valence-corrected chi connectivity index (χ3v) is 2.95. The van der Waals surface area contributed by atoms with Crippen LogP contribution in [-0.4, -0.2) is 0 Å². The summed E-state index contributed by atoms with van der Waals surface area (Å²) in [6.07, 6.45) is 0.792. The number of hydrogen-bond acceptors (Lipinski definition) is 2. The number of hydrogen-bond donors (Lipinski definition) is 1. The van der Waals surface area contributed by atoms with Gasteiger partial charge in [0.25, 0.3) is 0 Å². The Morgan fingerprint density at radius 1 is 1.47 bits per heavy atom. The fourth-order valence-corrected chi connectivity index (χ4v) is 2.01. The molecule has 4 heteroatoms. The van der Waals surface area contributed by atoms with Crippen LogP contribution in [0, 0.1) is 5.82 Å². The number of benzene rings is 1. The summed E-state index contributed by atoms with van der Waals surface area (Å²) >= 11 is 3.26. The molecule has 0 radical (unpaired) electrons. The first-order valence-electron chi connectivity index (χ1n) is 4.76. The molecule has 2 N–H and O–H groups in total. The summed E-state index contributed by atoms with van der Waals surface area (Å²) < 4.78 is 19.3. The zero-order valence-electron chi connectivity index (χ0n) is 8.26. The monoisotopic (exact) mass is 271 g/mol. The third-order valence-electron chi connectivity index (χ3n) is 2.36. The highest BCUT2D eigenvalue weighted by Gasteiger charge is 2.12. The quantitative estimate of drug-likeness (QED) is 0.904. The molecular formula is C11H11BrFNO. The SMILES string of the molecule is CCC(N)c1cc2cc(F)cc(Br)c2o1. The van der Waals surface area contributed by atoms with Gasteiger partial charge in [-0.2, -0.15) is 0 Å². The minimum Gasteiger partial charge on any atom is -0.458 e. The van der Waals surface area contributed by atoms with Gasteiger partial charge in [-0.25, -0.2) is 4.39 Å². The molecule has 2 nitrogen and oxygen atoms in total. The van der Waals surface area contributed by atoms with Crippen molar-refractivity contribution in [2.24, 2.45) is 5.73 Å². The lowest BCUT2D eigenvalue weighted by molar-refractivity contribution is 0.487. The molecule has 1 aromatic carbocycles. The second-order valence-corrected chi connectivity index (χ2v) is 4.32. The Kier molecular flexibility index (Phi) is 2.80. The fourth-order valence-electron chi connectivity index (χ4n) is 1.48. The molecule has 0 bridgehead atoms. The molecular weight excluding hydrogens is 261 g/mol. The van der Waals surface area contributed by atoms with Gasteiger partial charge in [-0.15, -0.1) is 0 Å². The van der Waals surface area contributed by atoms with E-state index in [1.165, 1.54) is 12.1 Å². The van der Waals surface area contributed by atoms with Crippen LogP contribution >= 0.6 is 15.9 Å². The highest BCUT2D eigenvalue weighted by Crippen LogP contribution is 2.30. The van der Waals surface area contributed by atoms with E-state index in [4.69, 9.17) is 10.2 Å². The zero-order chi connectivity index (χ0) is 11.0. The Labute approximate surface area is 95.4 Å². The highest BCUT2D eigenvalue weighted by atomic mass is 79.9. The van der Waals surface area contributed by atoms with E-state index in [9.17, 15) is 4.39 Å². The van der Waals surface area contributed by atoms with Gasteiger partial charge in [-0.1, -0.05) is 6.92 Å². The van der Waals surface area contributed by atoms with Crippen LogP contribution in [0.3, 0.4) is 0 Å². The van der Waals surface area contributed by atoms with Crippen LogP contribution in [-0.2, 0) is 0 Å². The van der Waals surface area contributed by atoms with Gasteiger partial charge in [0.15, 0.2) is 0 Å². The molecule has 0 aliphatic heterocycles. The molecule has 2 rings (SSSR count). The topological polar surface area (TPSA) is 39.2 Å². The Balaban J connectivity index is 2.60. The second kappa shape index (κ2) is 3.94. The average molecular weight is 272 g/mol. The van der Waals surface area contributed by atoms with Crippen molar-refractivity contribution in [1.29, 1.82) is 0 Å². The molecule has 0 saturated carbocycles. The molecule has 2 aromatic rings. The van der Waals surface area contributed by atoms with Crippen LogP contribution in [0.25, 0.3) is 11.0 Å². The number of nitrogens with two attached hydrogens (primary N) is 1. The first kappa shape index (κ1) is 10.6. The van der Waals surface area contributed by atoms with Crippen molar-refractivity contribution in [3.8, 4) is 0 Å². The van der Waals surface area contributed by atoms with E-state index in [1.54, 1.807) is 6.07 Å². The molecule has 1 atom stereocenters. The lowest BCUT2D eigenvalue weighted by Crippen LogP contribution is -2.06. The van der Waals surface area contributed by atoms with Crippen LogP contribution in [0.2, 0.25) is 0 Å². The van der Waals surface area contributed by atoms with Gasteiger partial charge in [0.1, 0.15) is 17.2 Å². The summed E-state index contributed by atoms with van der Waals surface area (Å²) in [5.74, 6) is 0.408. The number of furan rings is 1. The van der Waals surface area contributed by atoms with Gasteiger partial charge >= 0.3 is 0 Å². The molecule has 0 spiro atoms. The van der Waals surface area contributed by atoms with Gasteiger partial charge in [0.2, 0.25) is 0 Å². The standard InChI is InChI=1S/C11H11BrFNO/c1-2-9(14)10-4-6-3-7(13)5-8(12)11(6)15-10/h3-5,9H,2,14H2,1H3. The van der Waals surface area contributed by atoms with Gasteiger partial charge < -0.3 is 10.2 Å². The molecule has 0 fully saturated rings. The van der Waals surface area contributed by atoms with Crippen molar-refractivity contribution in [1.82, 2.24) is 0 Å². The largest absolute Gasteiger partial charge is 0.458 e. The molecule has 0 aliphatic carbocycles. The molecule has 1 aromatic heterocycles. The third kappa shape index (κ3) is 1.92. The summed E-state index contributed by atoms with van der Waals surface area (Å²) in [6, 6.07) is 4.48. The van der Waals surface area contributed by atoms with Crippen molar-refractivity contribution in [2.45, 2.75) is 19.4 Å². The van der Waals surface area contributed by atoms with E-state index < -0.39 is 0 Å². The van der Waals surface area contributed by atoms with E-state index in [1.807, 2.05) is 6.92 Å². The summed E-state index contributed by atoms with van der Waals surface area (Å²) in [5, 5.41) is 0.737. The molecule has 0 saturated heterocycles. The predicted octanol–water partition coefficient (Wildman–Crippen LogP) is 3.74. The maximum absolute atomic E-state index is 13.1. The zero-order valence-corrected chi connectivity index (χ0v) is 9.84. The summed E-state index contributed by atoms with van der Waals surface area (Å²) in [6.45, 7) is 1.98. The minimum atomic E-state index is -0.285. The fraction of sp³-hybridized carbons (Fsp3) is 0.273. The molecule has 0 aliphatic rings. The lowest BCUT2D eigenvalue weighted by Gasteiger charge is -2.02. The van der Waals surface area contributed by atoms with Crippen LogP contribution in [0.5, 0.6) is 0 Å². The number of halogens is 2. The molecule has 1 heterocycles. The van der Waals surface area contributed by atoms with Crippen LogP contribution < -0.4 is 5.73 Å². The van der Waals surface area contributed by atoms with E-state index in [2.05, 4.69) is 15.9 Å². The summed E-state index contributed by atoms with van der Waals surface area (Å²) in [4.78, 5) is 0. The van der Waals surface area contributed by atoms with Gasteiger partial charge in [0, 0.05) is 5.39 Å². The first-order chi connectivity index (χ1) is 7.11. The van der Waals surface area contributed by atoms with E-state index >= 15 is 0 Å². The van der Waals surface area contributed by atoms with Crippen LogP contribution in [0.4, 0.5) is 4.39 Å². The Bertz CT molecular complexity index is 495. The van der Waals surface area contributed by atoms with E-state index in [-0.39, 0.29) is 11.9 Å². The maximum atomic E-state index is 13.1. The van der Waals surface area contributed by atoms with Gasteiger partial charge in [-0.3, -0.25) is 0 Å². The van der Waals surface area contributed by atoms with E-state index in [0.717, 1.165) is 11.8 Å². The molecule has 0 amide bonds. The van der Waals surface area contributed by atoms with Gasteiger partial charge in [0.05, 0.1) is 10.5 Å².